The lowest BCUT2D eigenvalue weighted by Crippen LogP contribution is -2.14. The Balaban J connectivity index is 1.77. The lowest BCUT2D eigenvalue weighted by Gasteiger charge is -1.98. The summed E-state index contributed by atoms with van der Waals surface area (Å²) in [6.45, 7) is 0.795. The van der Waals surface area contributed by atoms with E-state index < -0.39 is 0 Å². The van der Waals surface area contributed by atoms with Crippen molar-refractivity contribution in [3.05, 3.63) is 41.3 Å². The van der Waals surface area contributed by atoms with Gasteiger partial charge in [0, 0.05) is 24.3 Å². The van der Waals surface area contributed by atoms with E-state index in [0.717, 1.165) is 16.4 Å². The zero-order valence-corrected chi connectivity index (χ0v) is 10.1. The van der Waals surface area contributed by atoms with Crippen LogP contribution in [0.5, 0.6) is 0 Å². The molecule has 4 heteroatoms. The normalized spacial score (nSPS) is 15.1. The quantitative estimate of drug-likeness (QED) is 0.898. The van der Waals surface area contributed by atoms with E-state index >= 15 is 0 Å². The van der Waals surface area contributed by atoms with Crippen molar-refractivity contribution in [2.75, 3.05) is 0 Å². The number of thiazole rings is 1. The van der Waals surface area contributed by atoms with E-state index in [9.17, 15) is 4.39 Å². The van der Waals surface area contributed by atoms with Crippen LogP contribution in [0.25, 0.3) is 10.4 Å². The third-order valence-corrected chi connectivity index (χ3v) is 3.84. The van der Waals surface area contributed by atoms with Crippen LogP contribution in [0.2, 0.25) is 0 Å². The molecule has 0 radical (unpaired) electrons. The predicted octanol–water partition coefficient (Wildman–Crippen LogP) is 3.20. The average Bonchev–Trinajstić information content (AvgIpc) is 3.06. The van der Waals surface area contributed by atoms with Gasteiger partial charge in [0.25, 0.3) is 0 Å². The molecule has 1 fully saturated rings. The van der Waals surface area contributed by atoms with E-state index in [2.05, 4.69) is 10.3 Å². The third-order valence-electron chi connectivity index (χ3n) is 2.81. The van der Waals surface area contributed by atoms with Crippen LogP contribution in [0.3, 0.4) is 0 Å². The molecule has 0 amide bonds. The summed E-state index contributed by atoms with van der Waals surface area (Å²) in [6, 6.07) is 7.50. The van der Waals surface area contributed by atoms with Crippen LogP contribution in [0.1, 0.15) is 17.8 Å². The van der Waals surface area contributed by atoms with E-state index in [-0.39, 0.29) is 5.82 Å². The van der Waals surface area contributed by atoms with Crippen molar-refractivity contribution in [2.45, 2.75) is 25.4 Å². The summed E-state index contributed by atoms with van der Waals surface area (Å²) >= 11 is 1.56. The molecular weight excluding hydrogens is 235 g/mol. The van der Waals surface area contributed by atoms with Gasteiger partial charge < -0.3 is 5.32 Å². The Morgan fingerprint density at radius 2 is 2.18 bits per heavy atom. The minimum Gasteiger partial charge on any atom is -0.308 e. The number of nitrogens with one attached hydrogen (secondary N) is 1. The van der Waals surface area contributed by atoms with Gasteiger partial charge >= 0.3 is 0 Å². The summed E-state index contributed by atoms with van der Waals surface area (Å²) in [5.41, 5.74) is 0.641. The van der Waals surface area contributed by atoms with Crippen LogP contribution in [-0.2, 0) is 6.54 Å². The second-order valence-electron chi connectivity index (χ2n) is 4.25. The summed E-state index contributed by atoms with van der Waals surface area (Å²) in [5, 5.41) is 4.43. The number of aromatic nitrogens is 1. The molecular formula is C13H13FN2S. The minimum absolute atomic E-state index is 0.183. The number of hydrogen-bond acceptors (Lipinski definition) is 3. The summed E-state index contributed by atoms with van der Waals surface area (Å²) in [7, 11) is 0. The topological polar surface area (TPSA) is 24.9 Å². The summed E-state index contributed by atoms with van der Waals surface area (Å²) in [5.74, 6) is -0.183. The van der Waals surface area contributed by atoms with Gasteiger partial charge in [-0.1, -0.05) is 18.2 Å². The summed E-state index contributed by atoms with van der Waals surface area (Å²) < 4.78 is 13.6. The Hall–Kier alpha value is -1.26. The van der Waals surface area contributed by atoms with E-state index in [1.807, 2.05) is 6.07 Å². The Kier molecular flexibility index (Phi) is 2.91. The molecule has 88 valence electrons. The van der Waals surface area contributed by atoms with Gasteiger partial charge in [-0.25, -0.2) is 9.37 Å². The first-order chi connectivity index (χ1) is 8.33. The molecule has 0 aliphatic heterocycles. The van der Waals surface area contributed by atoms with Crippen molar-refractivity contribution in [1.82, 2.24) is 10.3 Å². The average molecular weight is 248 g/mol. The SMILES string of the molecule is Fc1ccccc1-c1cnc(CNC2CC2)s1. The summed E-state index contributed by atoms with van der Waals surface area (Å²) in [4.78, 5) is 5.22. The monoisotopic (exact) mass is 248 g/mol. The molecule has 0 spiro atoms. The number of nitrogens with zero attached hydrogens (tertiary/aromatic N) is 1. The second kappa shape index (κ2) is 4.55. The van der Waals surface area contributed by atoms with Crippen LogP contribution in [0.15, 0.2) is 30.5 Å². The molecule has 2 aromatic rings. The molecule has 1 aromatic carbocycles. The Morgan fingerprint density at radius 3 is 2.94 bits per heavy atom. The molecule has 0 bridgehead atoms. The molecule has 2 nitrogen and oxygen atoms in total. The number of halogens is 1. The number of rotatable bonds is 4. The fourth-order valence-electron chi connectivity index (χ4n) is 1.70. The van der Waals surface area contributed by atoms with Crippen molar-refractivity contribution in [3.63, 3.8) is 0 Å². The lowest BCUT2D eigenvalue weighted by molar-refractivity contribution is 0.631. The van der Waals surface area contributed by atoms with Gasteiger partial charge in [-0.3, -0.25) is 0 Å². The van der Waals surface area contributed by atoms with Gasteiger partial charge in [0.15, 0.2) is 0 Å². The van der Waals surface area contributed by atoms with Crippen molar-refractivity contribution in [2.24, 2.45) is 0 Å². The van der Waals surface area contributed by atoms with Crippen molar-refractivity contribution in [3.8, 4) is 10.4 Å². The second-order valence-corrected chi connectivity index (χ2v) is 5.37. The Bertz CT molecular complexity index is 520. The summed E-state index contributed by atoms with van der Waals surface area (Å²) in [6.07, 6.45) is 4.30. The molecule has 3 rings (SSSR count). The lowest BCUT2D eigenvalue weighted by atomic mass is 10.2. The third kappa shape index (κ3) is 2.53. The Labute approximate surface area is 104 Å². The highest BCUT2D eigenvalue weighted by molar-refractivity contribution is 7.15. The maximum absolute atomic E-state index is 13.6. The van der Waals surface area contributed by atoms with Gasteiger partial charge in [-0.2, -0.15) is 0 Å². The van der Waals surface area contributed by atoms with Gasteiger partial charge in [0.1, 0.15) is 10.8 Å². The first kappa shape index (κ1) is 10.9. The molecule has 1 N–H and O–H groups in total. The maximum Gasteiger partial charge on any atom is 0.131 e. The van der Waals surface area contributed by atoms with Crippen LogP contribution in [-0.4, -0.2) is 11.0 Å². The molecule has 1 aromatic heterocycles. The highest BCUT2D eigenvalue weighted by Crippen LogP contribution is 2.28. The molecule has 1 aliphatic carbocycles. The Morgan fingerprint density at radius 1 is 1.35 bits per heavy atom. The number of hydrogen-bond donors (Lipinski definition) is 1. The molecule has 0 atom stereocenters. The van der Waals surface area contributed by atoms with Crippen LogP contribution >= 0.6 is 11.3 Å². The van der Waals surface area contributed by atoms with Crippen LogP contribution in [0, 0.1) is 5.82 Å². The smallest absolute Gasteiger partial charge is 0.131 e. The van der Waals surface area contributed by atoms with Crippen molar-refractivity contribution < 1.29 is 4.39 Å². The van der Waals surface area contributed by atoms with Gasteiger partial charge in [-0.05, 0) is 18.9 Å². The zero-order chi connectivity index (χ0) is 11.7. The van der Waals surface area contributed by atoms with Crippen LogP contribution < -0.4 is 5.32 Å². The first-order valence-corrected chi connectivity index (χ1v) is 6.57. The molecule has 1 heterocycles. The van der Waals surface area contributed by atoms with E-state index in [4.69, 9.17) is 0 Å². The first-order valence-electron chi connectivity index (χ1n) is 5.76. The van der Waals surface area contributed by atoms with Gasteiger partial charge in [-0.15, -0.1) is 11.3 Å². The molecule has 0 unspecified atom stereocenters. The zero-order valence-electron chi connectivity index (χ0n) is 9.32. The van der Waals surface area contributed by atoms with E-state index in [1.54, 1.807) is 29.7 Å². The van der Waals surface area contributed by atoms with Crippen molar-refractivity contribution in [1.29, 1.82) is 0 Å². The van der Waals surface area contributed by atoms with Gasteiger partial charge in [0.2, 0.25) is 0 Å². The van der Waals surface area contributed by atoms with E-state index in [1.165, 1.54) is 18.9 Å². The highest BCUT2D eigenvalue weighted by Gasteiger charge is 2.20. The molecule has 1 saturated carbocycles. The van der Waals surface area contributed by atoms with Gasteiger partial charge in [0.05, 0.1) is 4.88 Å². The minimum atomic E-state index is -0.183. The van der Waals surface area contributed by atoms with E-state index in [0.29, 0.717) is 11.6 Å². The fourth-order valence-corrected chi connectivity index (χ4v) is 2.59. The highest BCUT2D eigenvalue weighted by atomic mass is 32.1. The number of benzene rings is 1. The molecule has 17 heavy (non-hydrogen) atoms. The molecule has 0 saturated heterocycles. The maximum atomic E-state index is 13.6. The largest absolute Gasteiger partial charge is 0.308 e. The predicted molar refractivity (Wildman–Crippen MR) is 67.4 cm³/mol. The fraction of sp³-hybridized carbons (Fsp3) is 0.308. The standard InChI is InChI=1S/C13H13FN2S/c14-11-4-2-1-3-10(11)12-7-16-13(17-12)8-15-9-5-6-9/h1-4,7,9,15H,5-6,8H2. The van der Waals surface area contributed by atoms with Crippen LogP contribution in [0.4, 0.5) is 4.39 Å². The molecule has 1 aliphatic rings. The van der Waals surface area contributed by atoms with Crippen molar-refractivity contribution >= 4 is 11.3 Å².